The van der Waals surface area contributed by atoms with Crippen molar-refractivity contribution >= 4 is 22.9 Å². The minimum Gasteiger partial charge on any atom is -0.497 e. The van der Waals surface area contributed by atoms with Crippen molar-refractivity contribution in [3.05, 3.63) is 62.6 Å². The summed E-state index contributed by atoms with van der Waals surface area (Å²) in [6.45, 7) is 3.83. The van der Waals surface area contributed by atoms with Gasteiger partial charge in [-0.1, -0.05) is 12.1 Å². The van der Waals surface area contributed by atoms with E-state index in [-0.39, 0.29) is 17.8 Å². The van der Waals surface area contributed by atoms with Crippen LogP contribution in [-0.4, -0.2) is 42.8 Å². The number of aryl methyl sites for hydroxylation is 2. The minimum atomic E-state index is -0.643. The summed E-state index contributed by atoms with van der Waals surface area (Å²) in [5, 5.41) is 0. The molecule has 3 heterocycles. The molecular formula is C21H23N5O5. The number of aromatic nitrogens is 5. The Hall–Kier alpha value is -3.82. The number of hydrogen-bond acceptors (Lipinski definition) is 6. The predicted molar refractivity (Wildman–Crippen MR) is 114 cm³/mol. The van der Waals surface area contributed by atoms with Crippen LogP contribution in [0.2, 0.25) is 0 Å². The number of rotatable bonds is 6. The molecule has 0 saturated carbocycles. The molecule has 0 spiro atoms. The molecule has 0 atom stereocenters. The average Bonchev–Trinajstić information content (AvgIpc) is 3.26. The smallest absolute Gasteiger partial charge is 0.333 e. The summed E-state index contributed by atoms with van der Waals surface area (Å²) in [4.78, 5) is 42.3. The van der Waals surface area contributed by atoms with Crippen molar-refractivity contribution in [3.63, 3.8) is 0 Å². The summed E-state index contributed by atoms with van der Waals surface area (Å²) in [7, 11) is 3.14. The maximum atomic E-state index is 13.1. The first-order valence-corrected chi connectivity index (χ1v) is 9.82. The molecule has 0 N–H and O–H groups in total. The Morgan fingerprint density at radius 3 is 2.48 bits per heavy atom. The first-order valence-electron chi connectivity index (χ1n) is 9.82. The third kappa shape index (κ3) is 3.39. The van der Waals surface area contributed by atoms with E-state index in [1.165, 1.54) is 11.6 Å². The van der Waals surface area contributed by atoms with Crippen molar-refractivity contribution < 1.29 is 14.3 Å². The lowest BCUT2D eigenvalue weighted by molar-refractivity contribution is -0.143. The molecule has 4 aromatic rings. The molecular weight excluding hydrogens is 402 g/mol. The molecule has 0 bridgehead atoms. The lowest BCUT2D eigenvalue weighted by Gasteiger charge is -2.08. The summed E-state index contributed by atoms with van der Waals surface area (Å²) >= 11 is 0. The van der Waals surface area contributed by atoms with E-state index in [0.717, 1.165) is 21.6 Å². The van der Waals surface area contributed by atoms with Gasteiger partial charge in [-0.05, 0) is 31.5 Å². The van der Waals surface area contributed by atoms with Crippen molar-refractivity contribution in [1.29, 1.82) is 0 Å². The van der Waals surface area contributed by atoms with Crippen LogP contribution in [0.1, 0.15) is 18.2 Å². The maximum absolute atomic E-state index is 13.1. The average molecular weight is 425 g/mol. The van der Waals surface area contributed by atoms with Crippen LogP contribution in [-0.2, 0) is 29.7 Å². The molecule has 0 fully saturated rings. The second kappa shape index (κ2) is 7.78. The summed E-state index contributed by atoms with van der Waals surface area (Å²) < 4.78 is 15.9. The molecule has 0 amide bonds. The van der Waals surface area contributed by atoms with Crippen LogP contribution >= 0.6 is 0 Å². The van der Waals surface area contributed by atoms with E-state index in [1.807, 2.05) is 35.8 Å². The second-order valence-corrected chi connectivity index (χ2v) is 7.20. The van der Waals surface area contributed by atoms with Crippen molar-refractivity contribution in [1.82, 2.24) is 23.1 Å². The highest BCUT2D eigenvalue weighted by atomic mass is 16.5. The molecule has 3 aromatic heterocycles. The zero-order chi connectivity index (χ0) is 22.3. The molecule has 4 rings (SSSR count). The number of ether oxygens (including phenoxy) is 2. The van der Waals surface area contributed by atoms with Crippen LogP contribution in [0.25, 0.3) is 16.9 Å². The quantitative estimate of drug-likeness (QED) is 0.429. The molecule has 10 nitrogen and oxygen atoms in total. The number of carbonyl (C=O) groups is 1. The molecule has 0 radical (unpaired) electrons. The van der Waals surface area contributed by atoms with E-state index >= 15 is 0 Å². The van der Waals surface area contributed by atoms with E-state index in [9.17, 15) is 14.4 Å². The first-order chi connectivity index (χ1) is 14.8. The highest BCUT2D eigenvalue weighted by Gasteiger charge is 2.21. The zero-order valence-corrected chi connectivity index (χ0v) is 17.8. The van der Waals surface area contributed by atoms with Gasteiger partial charge in [0.15, 0.2) is 11.2 Å². The standard InChI is InChI=1S/C21H23N5O5/c1-5-31-16(27)12-26-19(28)17-18(23(3)21(26)29)22-20-24(13(2)10-25(17)20)11-14-6-8-15(30-4)9-7-14/h6-10H,5,11-12H2,1-4H3. The van der Waals surface area contributed by atoms with E-state index in [4.69, 9.17) is 9.47 Å². The Morgan fingerprint density at radius 1 is 1.13 bits per heavy atom. The van der Waals surface area contributed by atoms with Gasteiger partial charge in [-0.3, -0.25) is 18.6 Å². The Labute approximate surface area is 176 Å². The molecule has 0 aliphatic heterocycles. The van der Waals surface area contributed by atoms with Crippen molar-refractivity contribution in [2.24, 2.45) is 7.05 Å². The Balaban J connectivity index is 1.87. The van der Waals surface area contributed by atoms with Crippen LogP contribution in [0, 0.1) is 6.92 Å². The van der Waals surface area contributed by atoms with Crippen LogP contribution < -0.4 is 16.0 Å². The number of imidazole rings is 2. The highest BCUT2D eigenvalue weighted by Crippen LogP contribution is 2.19. The third-order valence-corrected chi connectivity index (χ3v) is 5.23. The largest absolute Gasteiger partial charge is 0.497 e. The fourth-order valence-electron chi connectivity index (χ4n) is 3.64. The fraction of sp³-hybridized carbons (Fsp3) is 0.333. The number of fused-ring (bicyclic) bond motifs is 3. The molecule has 0 aliphatic carbocycles. The first kappa shape index (κ1) is 20.5. The SMILES string of the molecule is CCOC(=O)Cn1c(=O)c2c(nc3n(Cc4ccc(OC)cc4)c(C)cn23)n(C)c1=O. The Bertz CT molecular complexity index is 1400. The van der Waals surface area contributed by atoms with Gasteiger partial charge in [-0.2, -0.15) is 4.98 Å². The molecule has 162 valence electrons. The molecule has 10 heteroatoms. The zero-order valence-electron chi connectivity index (χ0n) is 17.8. The number of benzene rings is 1. The van der Waals surface area contributed by atoms with Crippen LogP contribution in [0.3, 0.4) is 0 Å². The minimum absolute atomic E-state index is 0.167. The number of nitrogens with zero attached hydrogens (tertiary/aromatic N) is 5. The normalized spacial score (nSPS) is 11.4. The number of hydrogen-bond donors (Lipinski definition) is 0. The predicted octanol–water partition coefficient (Wildman–Crippen LogP) is 1.08. The van der Waals surface area contributed by atoms with Gasteiger partial charge in [0, 0.05) is 18.9 Å². The maximum Gasteiger partial charge on any atom is 0.333 e. The van der Waals surface area contributed by atoms with Crippen molar-refractivity contribution in [3.8, 4) is 5.75 Å². The highest BCUT2D eigenvalue weighted by molar-refractivity contribution is 5.76. The van der Waals surface area contributed by atoms with E-state index in [0.29, 0.717) is 12.3 Å². The van der Waals surface area contributed by atoms with Crippen LogP contribution in [0.4, 0.5) is 0 Å². The molecule has 0 saturated heterocycles. The van der Waals surface area contributed by atoms with Gasteiger partial charge in [0.25, 0.3) is 5.56 Å². The van der Waals surface area contributed by atoms with Gasteiger partial charge >= 0.3 is 11.7 Å². The van der Waals surface area contributed by atoms with Crippen LogP contribution in [0.15, 0.2) is 40.1 Å². The van der Waals surface area contributed by atoms with Crippen LogP contribution in [0.5, 0.6) is 5.75 Å². The topological polar surface area (TPSA) is 102 Å². The van der Waals surface area contributed by atoms with Gasteiger partial charge in [0.05, 0.1) is 20.3 Å². The summed E-state index contributed by atoms with van der Waals surface area (Å²) in [5.74, 6) is 0.654. The van der Waals surface area contributed by atoms with Crippen molar-refractivity contribution in [2.45, 2.75) is 26.9 Å². The molecule has 31 heavy (non-hydrogen) atoms. The van der Waals surface area contributed by atoms with Gasteiger partial charge in [-0.25, -0.2) is 9.36 Å². The fourth-order valence-corrected chi connectivity index (χ4v) is 3.64. The lowest BCUT2D eigenvalue weighted by Crippen LogP contribution is -2.41. The van der Waals surface area contributed by atoms with Gasteiger partial charge < -0.3 is 14.0 Å². The summed E-state index contributed by atoms with van der Waals surface area (Å²) in [5.41, 5.74) is 1.21. The number of carbonyl (C=O) groups excluding carboxylic acids is 1. The van der Waals surface area contributed by atoms with E-state index in [1.54, 1.807) is 24.6 Å². The Kier molecular flexibility index (Phi) is 5.14. The van der Waals surface area contributed by atoms with Gasteiger partial charge in [0.2, 0.25) is 5.78 Å². The number of esters is 1. The molecule has 0 aliphatic rings. The van der Waals surface area contributed by atoms with Crippen molar-refractivity contribution in [2.75, 3.05) is 13.7 Å². The summed E-state index contributed by atoms with van der Waals surface area (Å²) in [6, 6.07) is 7.68. The van der Waals surface area contributed by atoms with E-state index in [2.05, 4.69) is 4.98 Å². The Morgan fingerprint density at radius 2 is 1.84 bits per heavy atom. The van der Waals surface area contributed by atoms with Gasteiger partial charge in [-0.15, -0.1) is 0 Å². The van der Waals surface area contributed by atoms with Gasteiger partial charge in [0.1, 0.15) is 12.3 Å². The summed E-state index contributed by atoms with van der Waals surface area (Å²) in [6.07, 6.45) is 1.80. The monoisotopic (exact) mass is 425 g/mol. The lowest BCUT2D eigenvalue weighted by atomic mass is 10.2. The number of methoxy groups -OCH3 is 1. The third-order valence-electron chi connectivity index (χ3n) is 5.23. The second-order valence-electron chi connectivity index (χ2n) is 7.20. The molecule has 1 aromatic carbocycles. The van der Waals surface area contributed by atoms with E-state index < -0.39 is 23.8 Å². The molecule has 0 unspecified atom stereocenters.